The molecule has 0 amide bonds. The highest BCUT2D eigenvalue weighted by Gasteiger charge is 2.24. The molecule has 0 aliphatic carbocycles. The molecule has 2 atom stereocenters. The molecule has 3 rings (SSSR count). The first-order chi connectivity index (χ1) is 11.8. The first-order valence-electron chi connectivity index (χ1n) is 8.13. The third-order valence-electron chi connectivity index (χ3n) is 4.01. The Morgan fingerprint density at radius 1 is 1.08 bits per heavy atom. The van der Waals surface area contributed by atoms with Crippen LogP contribution < -0.4 is 9.62 Å². The fraction of sp³-hybridized carbons (Fsp3) is 0.333. The highest BCUT2D eigenvalue weighted by molar-refractivity contribution is 7.92. The number of hydrogen-bond donors (Lipinski definition) is 1. The Bertz CT molecular complexity index is 833. The van der Waals surface area contributed by atoms with Crippen LogP contribution in [0, 0.1) is 5.82 Å². The van der Waals surface area contributed by atoms with Gasteiger partial charge in [0.1, 0.15) is 5.82 Å². The van der Waals surface area contributed by atoms with Gasteiger partial charge in [-0.2, -0.15) is 0 Å². The molecule has 2 unspecified atom stereocenters. The van der Waals surface area contributed by atoms with Crippen LogP contribution in [0.15, 0.2) is 53.4 Å². The third-order valence-corrected chi connectivity index (χ3v) is 5.41. The number of ether oxygens (including phenoxy) is 1. The molecule has 1 heterocycles. The summed E-state index contributed by atoms with van der Waals surface area (Å²) in [5.41, 5.74) is 0.643. The summed E-state index contributed by atoms with van der Waals surface area (Å²) < 4.78 is 47.3. The zero-order valence-corrected chi connectivity index (χ0v) is 15.0. The second-order valence-corrected chi connectivity index (χ2v) is 7.93. The van der Waals surface area contributed by atoms with Crippen molar-refractivity contribution < 1.29 is 17.5 Å². The highest BCUT2D eigenvalue weighted by atomic mass is 32.2. The number of benzene rings is 2. The summed E-state index contributed by atoms with van der Waals surface area (Å²) in [5, 5.41) is 0. The predicted molar refractivity (Wildman–Crippen MR) is 95.9 cm³/mol. The maximum absolute atomic E-state index is 14.5. The molecule has 0 spiro atoms. The molecule has 1 fully saturated rings. The summed E-state index contributed by atoms with van der Waals surface area (Å²) in [7, 11) is -3.74. The van der Waals surface area contributed by atoms with E-state index in [-0.39, 0.29) is 22.8 Å². The average Bonchev–Trinajstić information content (AvgIpc) is 2.54. The van der Waals surface area contributed by atoms with Crippen LogP contribution in [0.5, 0.6) is 0 Å². The Balaban J connectivity index is 1.80. The van der Waals surface area contributed by atoms with Gasteiger partial charge in [-0.15, -0.1) is 0 Å². The second kappa shape index (κ2) is 7.01. The van der Waals surface area contributed by atoms with E-state index in [1.807, 2.05) is 18.7 Å². The Morgan fingerprint density at radius 3 is 2.32 bits per heavy atom. The Morgan fingerprint density at radius 2 is 1.72 bits per heavy atom. The summed E-state index contributed by atoms with van der Waals surface area (Å²) in [6, 6.07) is 12.4. The Hall–Kier alpha value is -2.12. The van der Waals surface area contributed by atoms with Crippen LogP contribution in [0.3, 0.4) is 0 Å². The third kappa shape index (κ3) is 4.11. The quantitative estimate of drug-likeness (QED) is 0.905. The van der Waals surface area contributed by atoms with Gasteiger partial charge in [-0.05, 0) is 38.1 Å². The van der Waals surface area contributed by atoms with Gasteiger partial charge in [-0.25, -0.2) is 12.8 Å². The van der Waals surface area contributed by atoms with Crippen LogP contribution in [0.1, 0.15) is 13.8 Å². The molecule has 25 heavy (non-hydrogen) atoms. The van der Waals surface area contributed by atoms with Crippen molar-refractivity contribution in [2.75, 3.05) is 22.7 Å². The van der Waals surface area contributed by atoms with E-state index in [9.17, 15) is 12.8 Å². The van der Waals surface area contributed by atoms with Crippen molar-refractivity contribution in [3.63, 3.8) is 0 Å². The molecule has 5 nitrogen and oxygen atoms in total. The maximum Gasteiger partial charge on any atom is 0.261 e. The molecule has 2 aromatic carbocycles. The zero-order valence-electron chi connectivity index (χ0n) is 14.1. The topological polar surface area (TPSA) is 58.6 Å². The molecule has 0 saturated carbocycles. The van der Waals surface area contributed by atoms with Gasteiger partial charge in [-0.1, -0.05) is 18.2 Å². The molecule has 7 heteroatoms. The van der Waals surface area contributed by atoms with Gasteiger partial charge in [0.25, 0.3) is 10.0 Å². The Kier molecular flexibility index (Phi) is 4.96. The van der Waals surface area contributed by atoms with Crippen LogP contribution in [0.2, 0.25) is 0 Å². The van der Waals surface area contributed by atoms with Gasteiger partial charge in [0.2, 0.25) is 0 Å². The monoisotopic (exact) mass is 364 g/mol. The van der Waals surface area contributed by atoms with E-state index in [2.05, 4.69) is 4.72 Å². The lowest BCUT2D eigenvalue weighted by Gasteiger charge is -2.37. The average molecular weight is 364 g/mol. The van der Waals surface area contributed by atoms with E-state index in [4.69, 9.17) is 4.74 Å². The van der Waals surface area contributed by atoms with Gasteiger partial charge in [0.15, 0.2) is 0 Å². The minimum atomic E-state index is -3.74. The number of nitrogens with one attached hydrogen (secondary N) is 1. The first kappa shape index (κ1) is 17.7. The number of anilines is 2. The van der Waals surface area contributed by atoms with Crippen molar-refractivity contribution in [2.45, 2.75) is 31.0 Å². The van der Waals surface area contributed by atoms with Crippen molar-refractivity contribution in [3.8, 4) is 0 Å². The lowest BCUT2D eigenvalue weighted by atomic mass is 10.2. The van der Waals surface area contributed by atoms with E-state index >= 15 is 0 Å². The molecule has 1 aliphatic heterocycles. The molecule has 2 aromatic rings. The standard InChI is InChI=1S/C18H21FN2O3S/c1-13-11-21(12-14(2)24-13)18-9-8-15(10-17(18)19)20-25(22,23)16-6-4-3-5-7-16/h3-10,13-14,20H,11-12H2,1-2H3. The number of nitrogens with zero attached hydrogens (tertiary/aromatic N) is 1. The van der Waals surface area contributed by atoms with Gasteiger partial charge in [0.05, 0.1) is 28.5 Å². The normalized spacial score (nSPS) is 21.2. The van der Waals surface area contributed by atoms with Crippen molar-refractivity contribution >= 4 is 21.4 Å². The molecular weight excluding hydrogens is 343 g/mol. The molecule has 1 saturated heterocycles. The van der Waals surface area contributed by atoms with Gasteiger partial charge < -0.3 is 9.64 Å². The lowest BCUT2D eigenvalue weighted by Crippen LogP contribution is -2.45. The van der Waals surface area contributed by atoms with E-state index in [1.165, 1.54) is 18.2 Å². The molecule has 0 bridgehead atoms. The minimum absolute atomic E-state index is 0.0133. The summed E-state index contributed by atoms with van der Waals surface area (Å²) in [4.78, 5) is 2.05. The minimum Gasteiger partial charge on any atom is -0.372 e. The molecule has 134 valence electrons. The van der Waals surface area contributed by atoms with E-state index in [0.29, 0.717) is 18.8 Å². The van der Waals surface area contributed by atoms with Crippen LogP contribution in [0.4, 0.5) is 15.8 Å². The molecule has 0 radical (unpaired) electrons. The highest BCUT2D eigenvalue weighted by Crippen LogP contribution is 2.27. The van der Waals surface area contributed by atoms with Crippen molar-refractivity contribution in [3.05, 3.63) is 54.3 Å². The summed E-state index contributed by atoms with van der Waals surface area (Å²) >= 11 is 0. The molecule has 1 aliphatic rings. The summed E-state index contributed by atoms with van der Waals surface area (Å²) in [5.74, 6) is -0.463. The lowest BCUT2D eigenvalue weighted by molar-refractivity contribution is -0.00539. The first-order valence-corrected chi connectivity index (χ1v) is 9.61. The number of morpholine rings is 1. The number of sulfonamides is 1. The zero-order chi connectivity index (χ0) is 18.0. The summed E-state index contributed by atoms with van der Waals surface area (Å²) in [6.07, 6.45) is 0.0267. The largest absolute Gasteiger partial charge is 0.372 e. The Labute approximate surface area is 147 Å². The van der Waals surface area contributed by atoms with Crippen molar-refractivity contribution in [1.29, 1.82) is 0 Å². The smallest absolute Gasteiger partial charge is 0.261 e. The molecule has 1 N–H and O–H groups in total. The fourth-order valence-electron chi connectivity index (χ4n) is 3.02. The van der Waals surface area contributed by atoms with E-state index in [1.54, 1.807) is 30.3 Å². The van der Waals surface area contributed by atoms with Gasteiger partial charge in [-0.3, -0.25) is 4.72 Å². The predicted octanol–water partition coefficient (Wildman–Crippen LogP) is 3.24. The van der Waals surface area contributed by atoms with Crippen molar-refractivity contribution in [2.24, 2.45) is 0 Å². The van der Waals surface area contributed by atoms with Crippen LogP contribution in [-0.2, 0) is 14.8 Å². The van der Waals surface area contributed by atoms with Crippen LogP contribution >= 0.6 is 0 Å². The molecular formula is C18H21FN2O3S. The molecule has 0 aromatic heterocycles. The van der Waals surface area contributed by atoms with Gasteiger partial charge >= 0.3 is 0 Å². The summed E-state index contributed by atoms with van der Waals surface area (Å²) in [6.45, 7) is 5.08. The van der Waals surface area contributed by atoms with E-state index in [0.717, 1.165) is 0 Å². The van der Waals surface area contributed by atoms with Crippen molar-refractivity contribution in [1.82, 2.24) is 0 Å². The van der Waals surface area contributed by atoms with Crippen LogP contribution in [-0.4, -0.2) is 33.7 Å². The fourth-order valence-corrected chi connectivity index (χ4v) is 4.09. The van der Waals surface area contributed by atoms with Gasteiger partial charge in [0, 0.05) is 19.2 Å². The second-order valence-electron chi connectivity index (χ2n) is 6.25. The SMILES string of the molecule is CC1CN(c2ccc(NS(=O)(=O)c3ccccc3)cc2F)CC(C)O1. The number of rotatable bonds is 4. The number of halogens is 1. The van der Waals surface area contributed by atoms with E-state index < -0.39 is 15.8 Å². The van der Waals surface area contributed by atoms with Crippen LogP contribution in [0.25, 0.3) is 0 Å². The number of hydrogen-bond acceptors (Lipinski definition) is 4. The maximum atomic E-state index is 14.5.